The Labute approximate surface area is 117 Å². The summed E-state index contributed by atoms with van der Waals surface area (Å²) in [6.07, 6.45) is 5.00. The van der Waals surface area contributed by atoms with Crippen molar-refractivity contribution in [1.29, 1.82) is 0 Å². The van der Waals surface area contributed by atoms with Crippen LogP contribution >= 0.6 is 11.6 Å². The molecule has 4 heteroatoms. The van der Waals surface area contributed by atoms with Crippen LogP contribution in [0.25, 0.3) is 0 Å². The molecular weight excluding hydrogens is 265 g/mol. The highest BCUT2D eigenvalue weighted by Crippen LogP contribution is 2.24. The SMILES string of the molecule is CCCNC(Cc1ccoc1)c1ccc(Cl)cc1F. The molecule has 0 aliphatic heterocycles. The quantitative estimate of drug-likeness (QED) is 0.851. The predicted octanol–water partition coefficient (Wildman–Crippen LogP) is 4.36. The molecule has 0 spiro atoms. The van der Waals surface area contributed by atoms with Crippen molar-refractivity contribution in [3.8, 4) is 0 Å². The molecule has 1 unspecified atom stereocenters. The number of hydrogen-bond donors (Lipinski definition) is 1. The molecule has 0 fully saturated rings. The van der Waals surface area contributed by atoms with E-state index in [1.54, 1.807) is 24.7 Å². The zero-order valence-corrected chi connectivity index (χ0v) is 11.6. The number of benzene rings is 1. The average Bonchev–Trinajstić information content (AvgIpc) is 2.88. The van der Waals surface area contributed by atoms with Gasteiger partial charge in [0.15, 0.2) is 0 Å². The second kappa shape index (κ2) is 6.73. The Morgan fingerprint density at radius 2 is 2.21 bits per heavy atom. The van der Waals surface area contributed by atoms with Crippen molar-refractivity contribution in [2.45, 2.75) is 25.8 Å². The van der Waals surface area contributed by atoms with Gasteiger partial charge in [0.25, 0.3) is 0 Å². The lowest BCUT2D eigenvalue weighted by Gasteiger charge is -2.19. The maximum absolute atomic E-state index is 14.0. The summed E-state index contributed by atoms with van der Waals surface area (Å²) in [6, 6.07) is 6.64. The van der Waals surface area contributed by atoms with Crippen LogP contribution in [-0.4, -0.2) is 6.54 Å². The van der Waals surface area contributed by atoms with Gasteiger partial charge in [0, 0.05) is 16.6 Å². The normalized spacial score (nSPS) is 12.6. The first-order valence-electron chi connectivity index (χ1n) is 6.40. The smallest absolute Gasteiger partial charge is 0.129 e. The predicted molar refractivity (Wildman–Crippen MR) is 74.9 cm³/mol. The first kappa shape index (κ1) is 14.1. The number of halogens is 2. The lowest BCUT2D eigenvalue weighted by molar-refractivity contribution is 0.493. The third kappa shape index (κ3) is 3.82. The zero-order chi connectivity index (χ0) is 13.7. The van der Waals surface area contributed by atoms with E-state index in [2.05, 4.69) is 12.2 Å². The average molecular weight is 282 g/mol. The van der Waals surface area contributed by atoms with Crippen LogP contribution in [0.5, 0.6) is 0 Å². The van der Waals surface area contributed by atoms with E-state index < -0.39 is 0 Å². The van der Waals surface area contributed by atoms with Crippen LogP contribution in [-0.2, 0) is 6.42 Å². The van der Waals surface area contributed by atoms with E-state index in [9.17, 15) is 4.39 Å². The fourth-order valence-electron chi connectivity index (χ4n) is 2.04. The molecule has 1 heterocycles. The Morgan fingerprint density at radius 3 is 2.84 bits per heavy atom. The second-order valence-corrected chi connectivity index (χ2v) is 4.94. The van der Waals surface area contributed by atoms with Gasteiger partial charge in [0.05, 0.1) is 12.5 Å². The van der Waals surface area contributed by atoms with Gasteiger partial charge in [-0.3, -0.25) is 0 Å². The molecule has 0 bridgehead atoms. The Hall–Kier alpha value is -1.32. The molecule has 0 saturated carbocycles. The summed E-state index contributed by atoms with van der Waals surface area (Å²) in [5.41, 5.74) is 1.68. The summed E-state index contributed by atoms with van der Waals surface area (Å²) in [7, 11) is 0. The van der Waals surface area contributed by atoms with Crippen molar-refractivity contribution in [3.05, 3.63) is 58.8 Å². The first-order chi connectivity index (χ1) is 9.20. The van der Waals surface area contributed by atoms with Crippen LogP contribution in [0.2, 0.25) is 5.02 Å². The van der Waals surface area contributed by atoms with Gasteiger partial charge >= 0.3 is 0 Å². The van der Waals surface area contributed by atoms with Crippen LogP contribution in [0.1, 0.15) is 30.5 Å². The molecule has 102 valence electrons. The van der Waals surface area contributed by atoms with Gasteiger partial charge in [-0.1, -0.05) is 24.6 Å². The molecule has 0 saturated heterocycles. The first-order valence-corrected chi connectivity index (χ1v) is 6.78. The molecule has 1 aromatic heterocycles. The minimum Gasteiger partial charge on any atom is -0.472 e. The van der Waals surface area contributed by atoms with Crippen LogP contribution in [0.3, 0.4) is 0 Å². The van der Waals surface area contributed by atoms with Crippen molar-refractivity contribution < 1.29 is 8.81 Å². The van der Waals surface area contributed by atoms with Crippen molar-refractivity contribution >= 4 is 11.6 Å². The number of nitrogens with one attached hydrogen (secondary N) is 1. The monoisotopic (exact) mass is 281 g/mol. The van der Waals surface area contributed by atoms with Crippen LogP contribution in [0, 0.1) is 5.82 Å². The van der Waals surface area contributed by atoms with Gasteiger partial charge in [-0.25, -0.2) is 4.39 Å². The minimum absolute atomic E-state index is 0.0742. The van der Waals surface area contributed by atoms with Crippen LogP contribution in [0.4, 0.5) is 4.39 Å². The third-order valence-corrected chi connectivity index (χ3v) is 3.23. The van der Waals surface area contributed by atoms with E-state index in [1.807, 2.05) is 6.07 Å². The van der Waals surface area contributed by atoms with Gasteiger partial charge in [0.2, 0.25) is 0 Å². The molecule has 19 heavy (non-hydrogen) atoms. The molecule has 0 amide bonds. The number of furan rings is 1. The summed E-state index contributed by atoms with van der Waals surface area (Å²) in [5, 5.41) is 3.78. The third-order valence-electron chi connectivity index (χ3n) is 3.00. The number of hydrogen-bond acceptors (Lipinski definition) is 2. The standard InChI is InChI=1S/C15H17ClFNO/c1-2-6-18-15(8-11-5-7-19-10-11)13-4-3-12(16)9-14(13)17/h3-5,7,9-10,15,18H,2,6,8H2,1H3. The molecule has 1 N–H and O–H groups in total. The van der Waals surface area contributed by atoms with E-state index in [0.717, 1.165) is 18.5 Å². The summed E-state index contributed by atoms with van der Waals surface area (Å²) < 4.78 is 19.1. The van der Waals surface area contributed by atoms with Crippen molar-refractivity contribution in [1.82, 2.24) is 5.32 Å². The van der Waals surface area contributed by atoms with Gasteiger partial charge in [-0.05, 0) is 43.1 Å². The summed E-state index contributed by atoms with van der Waals surface area (Å²) in [4.78, 5) is 0. The van der Waals surface area contributed by atoms with Gasteiger partial charge in [-0.2, -0.15) is 0 Å². The highest BCUT2D eigenvalue weighted by atomic mass is 35.5. The van der Waals surface area contributed by atoms with Crippen molar-refractivity contribution in [2.75, 3.05) is 6.54 Å². The Kier molecular flexibility index (Phi) is 5.00. The van der Waals surface area contributed by atoms with Crippen molar-refractivity contribution in [3.63, 3.8) is 0 Å². The molecular formula is C15H17ClFNO. The van der Waals surface area contributed by atoms with E-state index in [-0.39, 0.29) is 11.9 Å². The topological polar surface area (TPSA) is 25.2 Å². The molecule has 1 atom stereocenters. The lowest BCUT2D eigenvalue weighted by Crippen LogP contribution is -2.24. The fraction of sp³-hybridized carbons (Fsp3) is 0.333. The van der Waals surface area contributed by atoms with E-state index in [4.69, 9.17) is 16.0 Å². The van der Waals surface area contributed by atoms with E-state index in [0.29, 0.717) is 17.0 Å². The summed E-state index contributed by atoms with van der Waals surface area (Å²) in [6.45, 7) is 2.92. The molecule has 2 aromatic rings. The van der Waals surface area contributed by atoms with Crippen LogP contribution in [0.15, 0.2) is 41.2 Å². The van der Waals surface area contributed by atoms with E-state index >= 15 is 0 Å². The molecule has 2 rings (SSSR count). The van der Waals surface area contributed by atoms with Crippen molar-refractivity contribution in [2.24, 2.45) is 0 Å². The Bertz CT molecular complexity index is 513. The number of rotatable bonds is 6. The summed E-state index contributed by atoms with van der Waals surface area (Å²) in [5.74, 6) is -0.274. The van der Waals surface area contributed by atoms with E-state index in [1.165, 1.54) is 6.07 Å². The van der Waals surface area contributed by atoms with Gasteiger partial charge in [0.1, 0.15) is 5.82 Å². The Morgan fingerprint density at radius 1 is 1.37 bits per heavy atom. The maximum Gasteiger partial charge on any atom is 0.129 e. The zero-order valence-electron chi connectivity index (χ0n) is 10.8. The van der Waals surface area contributed by atoms with Gasteiger partial charge < -0.3 is 9.73 Å². The molecule has 2 nitrogen and oxygen atoms in total. The minimum atomic E-state index is -0.274. The Balaban J connectivity index is 2.20. The second-order valence-electron chi connectivity index (χ2n) is 4.51. The van der Waals surface area contributed by atoms with Crippen LogP contribution < -0.4 is 5.32 Å². The lowest BCUT2D eigenvalue weighted by atomic mass is 10.00. The molecule has 0 aliphatic carbocycles. The van der Waals surface area contributed by atoms with Gasteiger partial charge in [-0.15, -0.1) is 0 Å². The highest BCUT2D eigenvalue weighted by molar-refractivity contribution is 6.30. The summed E-state index contributed by atoms with van der Waals surface area (Å²) >= 11 is 5.79. The maximum atomic E-state index is 14.0. The fourth-order valence-corrected chi connectivity index (χ4v) is 2.20. The molecule has 0 radical (unpaired) electrons. The highest BCUT2D eigenvalue weighted by Gasteiger charge is 2.16. The molecule has 0 aliphatic rings. The largest absolute Gasteiger partial charge is 0.472 e. The molecule has 1 aromatic carbocycles.